The molecular weight excluding hydrogens is 280 g/mol. The number of hydrogen-bond acceptors (Lipinski definition) is 5. The van der Waals surface area contributed by atoms with Crippen LogP contribution in [0.1, 0.15) is 23.0 Å². The molecule has 0 fully saturated rings. The summed E-state index contributed by atoms with van der Waals surface area (Å²) in [5.74, 6) is -0.607. The summed E-state index contributed by atoms with van der Waals surface area (Å²) in [5, 5.41) is 13.6. The molecule has 6 nitrogen and oxygen atoms in total. The number of hydrogen-bond donors (Lipinski definition) is 1. The number of halogens is 1. The van der Waals surface area contributed by atoms with E-state index in [-0.39, 0.29) is 18.0 Å². The maximum Gasteiger partial charge on any atom is 0.361 e. The Kier molecular flexibility index (Phi) is 3.91. The predicted octanol–water partition coefficient (Wildman–Crippen LogP) is 2.16. The molecule has 0 atom stereocenters. The number of esters is 1. The van der Waals surface area contributed by atoms with Gasteiger partial charge in [-0.05, 0) is 25.1 Å². The van der Waals surface area contributed by atoms with E-state index in [0.717, 1.165) is 0 Å². The van der Waals surface area contributed by atoms with Crippen LogP contribution in [-0.4, -0.2) is 22.4 Å². The molecule has 0 amide bonds. The SMILES string of the molecule is CCOC(=O)c1nn(-c2cc(Cl)ccc2C#N)cc1N. The minimum absolute atomic E-state index is 0.00992. The Morgan fingerprint density at radius 1 is 1.60 bits per heavy atom. The molecule has 20 heavy (non-hydrogen) atoms. The molecule has 0 aliphatic carbocycles. The summed E-state index contributed by atoms with van der Waals surface area (Å²) in [5.41, 5.74) is 6.74. The van der Waals surface area contributed by atoms with E-state index in [9.17, 15) is 4.79 Å². The number of anilines is 1. The lowest BCUT2D eigenvalue weighted by Gasteiger charge is -2.04. The molecule has 0 radical (unpaired) electrons. The fraction of sp³-hybridized carbons (Fsp3) is 0.154. The molecule has 0 aliphatic rings. The molecule has 1 aromatic heterocycles. The van der Waals surface area contributed by atoms with Crippen LogP contribution in [-0.2, 0) is 4.74 Å². The molecule has 0 aliphatic heterocycles. The van der Waals surface area contributed by atoms with Crippen LogP contribution >= 0.6 is 11.6 Å². The van der Waals surface area contributed by atoms with Crippen LogP contribution in [0.3, 0.4) is 0 Å². The highest BCUT2D eigenvalue weighted by atomic mass is 35.5. The van der Waals surface area contributed by atoms with Gasteiger partial charge in [-0.15, -0.1) is 0 Å². The Morgan fingerprint density at radius 3 is 3.00 bits per heavy atom. The number of carbonyl (C=O) groups excluding carboxylic acids is 1. The first-order valence-electron chi connectivity index (χ1n) is 5.79. The normalized spacial score (nSPS) is 10.1. The molecule has 0 saturated heterocycles. The van der Waals surface area contributed by atoms with Gasteiger partial charge in [-0.25, -0.2) is 9.48 Å². The van der Waals surface area contributed by atoms with E-state index in [1.54, 1.807) is 25.1 Å². The van der Waals surface area contributed by atoms with Crippen molar-refractivity contribution >= 4 is 23.3 Å². The molecule has 0 saturated carbocycles. The molecule has 0 unspecified atom stereocenters. The van der Waals surface area contributed by atoms with Crippen LogP contribution in [0.25, 0.3) is 5.69 Å². The van der Waals surface area contributed by atoms with Gasteiger partial charge in [-0.3, -0.25) is 0 Å². The lowest BCUT2D eigenvalue weighted by Crippen LogP contribution is -2.08. The van der Waals surface area contributed by atoms with Crippen LogP contribution in [0.4, 0.5) is 5.69 Å². The second-order valence-corrected chi connectivity index (χ2v) is 4.31. The maximum absolute atomic E-state index is 11.7. The number of nitriles is 1. The number of nitrogens with zero attached hydrogens (tertiary/aromatic N) is 3. The van der Waals surface area contributed by atoms with Gasteiger partial charge in [-0.1, -0.05) is 11.6 Å². The molecular formula is C13H11ClN4O2. The molecule has 2 rings (SSSR count). The second-order valence-electron chi connectivity index (χ2n) is 3.87. The second kappa shape index (κ2) is 5.63. The Bertz CT molecular complexity index is 703. The average molecular weight is 291 g/mol. The van der Waals surface area contributed by atoms with Crippen molar-refractivity contribution in [1.82, 2.24) is 9.78 Å². The van der Waals surface area contributed by atoms with Crippen LogP contribution in [0.2, 0.25) is 5.02 Å². The maximum atomic E-state index is 11.7. The molecule has 102 valence electrons. The quantitative estimate of drug-likeness (QED) is 0.874. The molecule has 0 bridgehead atoms. The van der Waals surface area contributed by atoms with Gasteiger partial charge in [0.15, 0.2) is 5.69 Å². The Labute approximate surface area is 120 Å². The van der Waals surface area contributed by atoms with Gasteiger partial charge in [-0.2, -0.15) is 10.4 Å². The van der Waals surface area contributed by atoms with Gasteiger partial charge in [0.1, 0.15) is 6.07 Å². The summed E-state index contributed by atoms with van der Waals surface area (Å²) in [7, 11) is 0. The summed E-state index contributed by atoms with van der Waals surface area (Å²) in [6.45, 7) is 1.92. The van der Waals surface area contributed by atoms with Crippen molar-refractivity contribution in [1.29, 1.82) is 5.26 Å². The van der Waals surface area contributed by atoms with Gasteiger partial charge in [0.25, 0.3) is 0 Å². The number of nitrogens with two attached hydrogens (primary N) is 1. The summed E-state index contributed by atoms with van der Waals surface area (Å²) in [6, 6.07) is 6.77. The van der Waals surface area contributed by atoms with E-state index in [0.29, 0.717) is 16.3 Å². The first-order chi connectivity index (χ1) is 9.56. The predicted molar refractivity (Wildman–Crippen MR) is 73.7 cm³/mol. The van der Waals surface area contributed by atoms with E-state index in [1.807, 2.05) is 6.07 Å². The van der Waals surface area contributed by atoms with Crippen LogP contribution in [0.5, 0.6) is 0 Å². The third-order valence-corrected chi connectivity index (χ3v) is 2.77. The Balaban J connectivity index is 2.50. The van der Waals surface area contributed by atoms with E-state index < -0.39 is 5.97 Å². The van der Waals surface area contributed by atoms with Crippen molar-refractivity contribution in [3.8, 4) is 11.8 Å². The number of benzene rings is 1. The third-order valence-electron chi connectivity index (χ3n) is 2.54. The summed E-state index contributed by atoms with van der Waals surface area (Å²) in [4.78, 5) is 11.7. The fourth-order valence-electron chi connectivity index (χ4n) is 1.66. The molecule has 0 spiro atoms. The smallest absolute Gasteiger partial charge is 0.361 e. The Hall–Kier alpha value is -2.52. The summed E-state index contributed by atoms with van der Waals surface area (Å²) >= 11 is 5.91. The van der Waals surface area contributed by atoms with E-state index in [2.05, 4.69) is 5.10 Å². The first kappa shape index (κ1) is 13.9. The van der Waals surface area contributed by atoms with E-state index in [1.165, 1.54) is 10.9 Å². The molecule has 2 N–H and O–H groups in total. The minimum Gasteiger partial charge on any atom is -0.461 e. The zero-order valence-electron chi connectivity index (χ0n) is 10.6. The van der Waals surface area contributed by atoms with Crippen molar-refractivity contribution in [2.75, 3.05) is 12.3 Å². The topological polar surface area (TPSA) is 93.9 Å². The van der Waals surface area contributed by atoms with E-state index in [4.69, 9.17) is 27.3 Å². The van der Waals surface area contributed by atoms with Gasteiger partial charge in [0.05, 0.1) is 29.7 Å². The highest BCUT2D eigenvalue weighted by molar-refractivity contribution is 6.30. The van der Waals surface area contributed by atoms with Crippen molar-refractivity contribution in [2.24, 2.45) is 0 Å². The van der Waals surface area contributed by atoms with Crippen molar-refractivity contribution in [2.45, 2.75) is 6.92 Å². The zero-order valence-corrected chi connectivity index (χ0v) is 11.4. The minimum atomic E-state index is -0.607. The summed E-state index contributed by atoms with van der Waals surface area (Å²) in [6.07, 6.45) is 1.44. The van der Waals surface area contributed by atoms with Gasteiger partial charge < -0.3 is 10.5 Å². The number of rotatable bonds is 3. The molecule has 7 heteroatoms. The molecule has 2 aromatic rings. The van der Waals surface area contributed by atoms with Crippen LogP contribution < -0.4 is 5.73 Å². The average Bonchev–Trinajstić information content (AvgIpc) is 2.81. The summed E-state index contributed by atoms with van der Waals surface area (Å²) < 4.78 is 6.19. The van der Waals surface area contributed by atoms with Gasteiger partial charge in [0, 0.05) is 5.02 Å². The standard InChI is InChI=1S/C13H11ClN4O2/c1-2-20-13(19)12-10(16)7-18(17-12)11-5-9(14)4-3-8(11)6-15/h3-5,7H,2,16H2,1H3. The fourth-order valence-corrected chi connectivity index (χ4v) is 1.82. The lowest BCUT2D eigenvalue weighted by molar-refractivity contribution is 0.0520. The van der Waals surface area contributed by atoms with Gasteiger partial charge in [0.2, 0.25) is 0 Å². The number of carbonyl (C=O) groups is 1. The number of aromatic nitrogens is 2. The lowest BCUT2D eigenvalue weighted by atomic mass is 10.2. The van der Waals surface area contributed by atoms with E-state index >= 15 is 0 Å². The molecule has 1 heterocycles. The molecule has 1 aromatic carbocycles. The third kappa shape index (κ3) is 2.58. The number of ether oxygens (including phenoxy) is 1. The largest absolute Gasteiger partial charge is 0.461 e. The van der Waals surface area contributed by atoms with Crippen molar-refractivity contribution < 1.29 is 9.53 Å². The number of nitrogen functional groups attached to an aromatic ring is 1. The van der Waals surface area contributed by atoms with Crippen LogP contribution in [0.15, 0.2) is 24.4 Å². The van der Waals surface area contributed by atoms with Crippen molar-refractivity contribution in [3.05, 3.63) is 40.7 Å². The van der Waals surface area contributed by atoms with Crippen molar-refractivity contribution in [3.63, 3.8) is 0 Å². The first-order valence-corrected chi connectivity index (χ1v) is 6.17. The zero-order chi connectivity index (χ0) is 14.7. The highest BCUT2D eigenvalue weighted by Gasteiger charge is 2.17. The van der Waals surface area contributed by atoms with Crippen LogP contribution in [0, 0.1) is 11.3 Å². The van der Waals surface area contributed by atoms with Gasteiger partial charge >= 0.3 is 5.97 Å². The Morgan fingerprint density at radius 2 is 2.35 bits per heavy atom. The monoisotopic (exact) mass is 290 g/mol. The highest BCUT2D eigenvalue weighted by Crippen LogP contribution is 2.21.